The van der Waals surface area contributed by atoms with E-state index in [9.17, 15) is 0 Å². The summed E-state index contributed by atoms with van der Waals surface area (Å²) in [5.74, 6) is 1.08. The number of pyridine rings is 1. The van der Waals surface area contributed by atoms with Crippen molar-refractivity contribution in [3.8, 4) is 5.82 Å². The molecule has 0 saturated heterocycles. The number of anilines is 2. The van der Waals surface area contributed by atoms with Crippen LogP contribution in [0.25, 0.3) is 5.82 Å². The minimum absolute atomic E-state index is 0.415. The molecule has 5 heteroatoms. The lowest BCUT2D eigenvalue weighted by atomic mass is 10.4. The van der Waals surface area contributed by atoms with Gasteiger partial charge >= 0.3 is 0 Å². The highest BCUT2D eigenvalue weighted by molar-refractivity contribution is 5.59. The van der Waals surface area contributed by atoms with Gasteiger partial charge in [0.15, 0.2) is 11.6 Å². The zero-order valence-electron chi connectivity index (χ0n) is 6.88. The van der Waals surface area contributed by atoms with E-state index in [-0.39, 0.29) is 0 Å². The van der Waals surface area contributed by atoms with Gasteiger partial charge in [0.1, 0.15) is 0 Å². The van der Waals surface area contributed by atoms with Gasteiger partial charge in [0.25, 0.3) is 0 Å². The molecular weight excluding hydrogens is 166 g/mol. The van der Waals surface area contributed by atoms with E-state index in [0.717, 1.165) is 0 Å². The molecule has 0 fully saturated rings. The number of hydrogen-bond acceptors (Lipinski definition) is 4. The average molecular weight is 175 g/mol. The van der Waals surface area contributed by atoms with Gasteiger partial charge in [-0.05, 0) is 12.1 Å². The quantitative estimate of drug-likeness (QED) is 0.658. The first-order valence-electron chi connectivity index (χ1n) is 3.79. The summed E-state index contributed by atoms with van der Waals surface area (Å²) in [6.45, 7) is 0. The van der Waals surface area contributed by atoms with Gasteiger partial charge in [0, 0.05) is 6.20 Å². The topological polar surface area (TPSA) is 82.8 Å². The Morgan fingerprint density at radius 3 is 2.62 bits per heavy atom. The molecule has 2 aromatic heterocycles. The smallest absolute Gasteiger partial charge is 0.155 e. The average Bonchev–Trinajstić information content (AvgIpc) is 2.49. The van der Waals surface area contributed by atoms with E-state index in [1.54, 1.807) is 6.20 Å². The first-order chi connectivity index (χ1) is 6.29. The fourth-order valence-electron chi connectivity index (χ4n) is 1.03. The zero-order valence-corrected chi connectivity index (χ0v) is 6.88. The molecular formula is C8H9N5. The van der Waals surface area contributed by atoms with Crippen molar-refractivity contribution in [2.24, 2.45) is 0 Å². The normalized spacial score (nSPS) is 10.2. The second-order valence-corrected chi connectivity index (χ2v) is 2.58. The van der Waals surface area contributed by atoms with Crippen molar-refractivity contribution in [1.82, 2.24) is 14.8 Å². The van der Waals surface area contributed by atoms with Crippen molar-refractivity contribution in [2.75, 3.05) is 11.5 Å². The summed E-state index contributed by atoms with van der Waals surface area (Å²) in [6, 6.07) is 5.50. The van der Waals surface area contributed by atoms with Crippen LogP contribution in [-0.2, 0) is 0 Å². The zero-order chi connectivity index (χ0) is 9.26. The second-order valence-electron chi connectivity index (χ2n) is 2.58. The number of aromatic nitrogens is 3. The summed E-state index contributed by atoms with van der Waals surface area (Å²) in [6.07, 6.45) is 3.18. The highest BCUT2D eigenvalue weighted by Crippen LogP contribution is 2.15. The van der Waals surface area contributed by atoms with Gasteiger partial charge in [-0.3, -0.25) is 0 Å². The first-order valence-corrected chi connectivity index (χ1v) is 3.79. The maximum Gasteiger partial charge on any atom is 0.155 e. The minimum atomic E-state index is 0.415. The molecule has 2 aromatic rings. The predicted octanol–water partition coefficient (Wildman–Crippen LogP) is 0.432. The van der Waals surface area contributed by atoms with E-state index < -0.39 is 0 Å². The van der Waals surface area contributed by atoms with Crippen molar-refractivity contribution in [1.29, 1.82) is 0 Å². The highest BCUT2D eigenvalue weighted by Gasteiger charge is 2.05. The van der Waals surface area contributed by atoms with Crippen LogP contribution in [0, 0.1) is 0 Å². The van der Waals surface area contributed by atoms with Gasteiger partial charge < -0.3 is 11.5 Å². The van der Waals surface area contributed by atoms with E-state index in [4.69, 9.17) is 11.5 Å². The third-order valence-electron chi connectivity index (χ3n) is 1.70. The summed E-state index contributed by atoms with van der Waals surface area (Å²) in [4.78, 5) is 4.09. The molecule has 66 valence electrons. The number of nitrogens with zero attached hydrogens (tertiary/aromatic N) is 3. The second kappa shape index (κ2) is 2.78. The number of rotatable bonds is 1. The van der Waals surface area contributed by atoms with Crippen LogP contribution in [0.3, 0.4) is 0 Å². The maximum atomic E-state index is 5.67. The van der Waals surface area contributed by atoms with E-state index >= 15 is 0 Å². The van der Waals surface area contributed by atoms with Crippen molar-refractivity contribution < 1.29 is 0 Å². The predicted molar refractivity (Wildman–Crippen MR) is 50.2 cm³/mol. The van der Waals surface area contributed by atoms with Gasteiger partial charge in [-0.25, -0.2) is 4.98 Å². The highest BCUT2D eigenvalue weighted by atomic mass is 15.3. The molecule has 0 spiro atoms. The summed E-state index contributed by atoms with van der Waals surface area (Å²) in [5.41, 5.74) is 11.7. The summed E-state index contributed by atoms with van der Waals surface area (Å²) in [7, 11) is 0. The first kappa shape index (κ1) is 7.60. The van der Waals surface area contributed by atoms with Gasteiger partial charge in [0.05, 0.1) is 11.9 Å². The Morgan fingerprint density at radius 2 is 2.08 bits per heavy atom. The molecule has 2 heterocycles. The molecule has 0 unspecified atom stereocenters. The number of nitrogens with two attached hydrogens (primary N) is 2. The molecule has 13 heavy (non-hydrogen) atoms. The van der Waals surface area contributed by atoms with E-state index in [1.165, 1.54) is 10.9 Å². The molecule has 2 rings (SSSR count). The van der Waals surface area contributed by atoms with Crippen molar-refractivity contribution in [2.45, 2.75) is 0 Å². The Morgan fingerprint density at radius 1 is 1.23 bits per heavy atom. The van der Waals surface area contributed by atoms with Gasteiger partial charge in [-0.15, -0.1) is 0 Å². The van der Waals surface area contributed by atoms with Gasteiger partial charge in [0.2, 0.25) is 0 Å². The fraction of sp³-hybridized carbons (Fsp3) is 0. The van der Waals surface area contributed by atoms with Crippen molar-refractivity contribution in [3.63, 3.8) is 0 Å². The molecule has 0 atom stereocenters. The largest absolute Gasteiger partial charge is 0.394 e. The molecule has 0 amide bonds. The van der Waals surface area contributed by atoms with Crippen LogP contribution in [0.5, 0.6) is 0 Å². The minimum Gasteiger partial charge on any atom is -0.394 e. The molecule has 4 N–H and O–H groups in total. The van der Waals surface area contributed by atoms with Crippen LogP contribution in [0.4, 0.5) is 11.5 Å². The third-order valence-corrected chi connectivity index (χ3v) is 1.70. The van der Waals surface area contributed by atoms with Crippen molar-refractivity contribution >= 4 is 11.5 Å². The Labute approximate surface area is 75.0 Å². The maximum absolute atomic E-state index is 5.67. The van der Waals surface area contributed by atoms with E-state index in [0.29, 0.717) is 17.3 Å². The molecule has 5 nitrogen and oxygen atoms in total. The van der Waals surface area contributed by atoms with Crippen molar-refractivity contribution in [3.05, 3.63) is 30.6 Å². The molecule has 0 aliphatic rings. The van der Waals surface area contributed by atoms with Crippen LogP contribution >= 0.6 is 0 Å². The SMILES string of the molecule is Nc1cnn(-c2ccccn2)c1N. The van der Waals surface area contributed by atoms with Crippen LogP contribution in [0.1, 0.15) is 0 Å². The lowest BCUT2D eigenvalue weighted by Crippen LogP contribution is -2.04. The Bertz CT molecular complexity index is 406. The van der Waals surface area contributed by atoms with Crippen LogP contribution < -0.4 is 11.5 Å². The molecule has 0 bridgehead atoms. The Hall–Kier alpha value is -2.04. The van der Waals surface area contributed by atoms with Crippen LogP contribution in [0.2, 0.25) is 0 Å². The Balaban J connectivity index is 2.53. The molecule has 0 saturated carbocycles. The lowest BCUT2D eigenvalue weighted by Gasteiger charge is -2.01. The van der Waals surface area contributed by atoms with E-state index in [1.807, 2.05) is 18.2 Å². The summed E-state index contributed by atoms with van der Waals surface area (Å²) < 4.78 is 1.50. The fourth-order valence-corrected chi connectivity index (χ4v) is 1.03. The van der Waals surface area contributed by atoms with Crippen LogP contribution in [0.15, 0.2) is 30.6 Å². The van der Waals surface area contributed by atoms with Gasteiger partial charge in [-0.1, -0.05) is 6.07 Å². The standard InChI is InChI=1S/C8H9N5/c9-6-5-12-13(8(6)10)7-3-1-2-4-11-7/h1-5H,9-10H2. The summed E-state index contributed by atoms with van der Waals surface area (Å²) in [5, 5.41) is 3.99. The van der Waals surface area contributed by atoms with Crippen LogP contribution in [-0.4, -0.2) is 14.8 Å². The van der Waals surface area contributed by atoms with Gasteiger partial charge in [-0.2, -0.15) is 9.78 Å². The third kappa shape index (κ3) is 1.20. The number of hydrogen-bond donors (Lipinski definition) is 2. The Kier molecular flexibility index (Phi) is 1.63. The molecule has 0 radical (unpaired) electrons. The molecule has 0 aromatic carbocycles. The molecule has 0 aliphatic carbocycles. The van der Waals surface area contributed by atoms with E-state index in [2.05, 4.69) is 10.1 Å². The molecule has 0 aliphatic heterocycles. The lowest BCUT2D eigenvalue weighted by molar-refractivity contribution is 0.857. The summed E-state index contributed by atoms with van der Waals surface area (Å²) >= 11 is 0. The monoisotopic (exact) mass is 175 g/mol. The number of nitrogen functional groups attached to an aromatic ring is 2.